The van der Waals surface area contributed by atoms with Crippen molar-refractivity contribution in [3.8, 4) is 0 Å². The van der Waals surface area contributed by atoms with Gasteiger partial charge in [-0.3, -0.25) is 0 Å². The molecule has 2 fully saturated rings. The number of hydrogen-bond donors (Lipinski definition) is 1. The molecule has 0 saturated heterocycles. The minimum Gasteiger partial charge on any atom is -0.359 e. The van der Waals surface area contributed by atoms with Gasteiger partial charge in [0.05, 0.1) is 10.2 Å². The zero-order chi connectivity index (χ0) is 17.1. The number of para-hydroxylation sites is 1. The molecule has 0 bridgehead atoms. The Balaban J connectivity index is 1.17. The summed E-state index contributed by atoms with van der Waals surface area (Å²) < 4.78 is 1.26. The fourth-order valence-corrected chi connectivity index (χ4v) is 5.87. The number of benzene rings is 1. The van der Waals surface area contributed by atoms with Crippen LogP contribution in [0.1, 0.15) is 37.7 Å². The standard InChI is InChI=1S/C21H22N4S/c1-2-7-18-17(6-1)24-20(26-18)23-14-11-15(12-14)25-13-21(8-4-9-21)16-5-3-10-22-19(16)25/h1-3,5-7,10,14-15H,4,8-9,11-13H2,(H,23,24). The van der Waals surface area contributed by atoms with Crippen LogP contribution in [0.5, 0.6) is 0 Å². The van der Waals surface area contributed by atoms with Crippen LogP contribution in [0.15, 0.2) is 42.6 Å². The minimum atomic E-state index is 0.412. The van der Waals surface area contributed by atoms with Gasteiger partial charge in [-0.15, -0.1) is 0 Å². The highest BCUT2D eigenvalue weighted by molar-refractivity contribution is 7.22. The van der Waals surface area contributed by atoms with Crippen LogP contribution in [-0.4, -0.2) is 28.6 Å². The zero-order valence-corrected chi connectivity index (χ0v) is 15.5. The molecule has 2 saturated carbocycles. The van der Waals surface area contributed by atoms with E-state index in [0.29, 0.717) is 17.5 Å². The summed E-state index contributed by atoms with van der Waals surface area (Å²) in [6.45, 7) is 1.18. The fraction of sp³-hybridized carbons (Fsp3) is 0.429. The van der Waals surface area contributed by atoms with Crippen LogP contribution >= 0.6 is 11.3 Å². The molecule has 132 valence electrons. The Hall–Kier alpha value is -2.14. The number of anilines is 2. The third-order valence-electron chi connectivity index (χ3n) is 6.59. The fourth-order valence-electron chi connectivity index (χ4n) is 4.93. The van der Waals surface area contributed by atoms with Crippen LogP contribution in [0.3, 0.4) is 0 Å². The van der Waals surface area contributed by atoms with Crippen molar-refractivity contribution < 1.29 is 0 Å². The molecular weight excluding hydrogens is 340 g/mol. The molecule has 0 radical (unpaired) electrons. The number of hydrogen-bond acceptors (Lipinski definition) is 5. The number of aromatic nitrogens is 2. The van der Waals surface area contributed by atoms with Gasteiger partial charge in [0.25, 0.3) is 0 Å². The van der Waals surface area contributed by atoms with Crippen LogP contribution in [0.4, 0.5) is 10.9 Å². The summed E-state index contributed by atoms with van der Waals surface area (Å²) in [5.74, 6) is 1.26. The van der Waals surface area contributed by atoms with Gasteiger partial charge >= 0.3 is 0 Å². The second-order valence-electron chi connectivity index (χ2n) is 8.09. The van der Waals surface area contributed by atoms with Crippen molar-refractivity contribution in [2.45, 2.75) is 49.6 Å². The molecule has 3 aliphatic rings. The molecule has 2 aliphatic carbocycles. The molecule has 1 spiro atoms. The highest BCUT2D eigenvalue weighted by Crippen LogP contribution is 2.53. The number of pyridine rings is 1. The Kier molecular flexibility index (Phi) is 3.13. The second-order valence-corrected chi connectivity index (χ2v) is 9.12. The average molecular weight is 363 g/mol. The van der Waals surface area contributed by atoms with E-state index in [4.69, 9.17) is 9.97 Å². The Morgan fingerprint density at radius 2 is 2.00 bits per heavy atom. The van der Waals surface area contributed by atoms with Crippen LogP contribution in [0, 0.1) is 0 Å². The summed E-state index contributed by atoms with van der Waals surface area (Å²) in [4.78, 5) is 12.1. The summed E-state index contributed by atoms with van der Waals surface area (Å²) >= 11 is 1.76. The molecule has 1 aliphatic heterocycles. The van der Waals surface area contributed by atoms with Gasteiger partial charge in [-0.25, -0.2) is 9.97 Å². The molecule has 1 aromatic carbocycles. The van der Waals surface area contributed by atoms with Gasteiger partial charge in [0.1, 0.15) is 5.82 Å². The lowest BCUT2D eigenvalue weighted by Gasteiger charge is -2.45. The molecular formula is C21H22N4S. The average Bonchev–Trinajstić information content (AvgIpc) is 3.16. The molecule has 0 amide bonds. The van der Waals surface area contributed by atoms with Crippen LogP contribution in [0.2, 0.25) is 0 Å². The van der Waals surface area contributed by atoms with Gasteiger partial charge in [-0.05, 0) is 43.9 Å². The molecule has 4 nitrogen and oxygen atoms in total. The summed E-state index contributed by atoms with van der Waals surface area (Å²) in [7, 11) is 0. The van der Waals surface area contributed by atoms with Crippen molar-refractivity contribution in [2.75, 3.05) is 16.8 Å². The molecule has 26 heavy (non-hydrogen) atoms. The van der Waals surface area contributed by atoms with Crippen LogP contribution in [0.25, 0.3) is 10.2 Å². The van der Waals surface area contributed by atoms with Gasteiger partial charge in [0, 0.05) is 35.8 Å². The lowest BCUT2D eigenvalue weighted by atomic mass is 9.66. The van der Waals surface area contributed by atoms with Crippen molar-refractivity contribution in [3.05, 3.63) is 48.2 Å². The summed E-state index contributed by atoms with van der Waals surface area (Å²) in [6.07, 6.45) is 8.36. The monoisotopic (exact) mass is 362 g/mol. The molecule has 3 heterocycles. The molecule has 1 N–H and O–H groups in total. The van der Waals surface area contributed by atoms with Gasteiger partial charge < -0.3 is 10.2 Å². The maximum atomic E-state index is 4.75. The summed E-state index contributed by atoms with van der Waals surface area (Å²) in [5.41, 5.74) is 3.02. The van der Waals surface area contributed by atoms with Gasteiger partial charge in [-0.1, -0.05) is 36.0 Å². The normalized spacial score (nSPS) is 25.8. The van der Waals surface area contributed by atoms with E-state index in [1.165, 1.54) is 54.7 Å². The van der Waals surface area contributed by atoms with E-state index in [1.807, 2.05) is 6.20 Å². The topological polar surface area (TPSA) is 41.1 Å². The van der Waals surface area contributed by atoms with Crippen LogP contribution in [-0.2, 0) is 5.41 Å². The van der Waals surface area contributed by atoms with Gasteiger partial charge in [0.2, 0.25) is 0 Å². The lowest BCUT2D eigenvalue weighted by molar-refractivity contribution is 0.246. The number of thiazole rings is 1. The lowest BCUT2D eigenvalue weighted by Crippen LogP contribution is -2.52. The molecule has 0 unspecified atom stereocenters. The van der Waals surface area contributed by atoms with E-state index < -0.39 is 0 Å². The second kappa shape index (κ2) is 5.43. The third-order valence-corrected chi connectivity index (χ3v) is 7.56. The molecule has 5 heteroatoms. The number of nitrogens with one attached hydrogen (secondary N) is 1. The Morgan fingerprint density at radius 3 is 2.81 bits per heavy atom. The Morgan fingerprint density at radius 1 is 1.12 bits per heavy atom. The molecule has 6 rings (SSSR count). The van der Waals surface area contributed by atoms with E-state index >= 15 is 0 Å². The minimum absolute atomic E-state index is 0.412. The van der Waals surface area contributed by atoms with E-state index in [0.717, 1.165) is 10.6 Å². The highest BCUT2D eigenvalue weighted by atomic mass is 32.1. The first-order valence-corrected chi connectivity index (χ1v) is 10.5. The first-order chi connectivity index (χ1) is 12.8. The van der Waals surface area contributed by atoms with Gasteiger partial charge in [-0.2, -0.15) is 0 Å². The number of rotatable bonds is 3. The first-order valence-electron chi connectivity index (χ1n) is 9.65. The van der Waals surface area contributed by atoms with E-state index in [2.05, 4.69) is 46.6 Å². The SMILES string of the molecule is c1cnc2c(c1)C1(CCC1)CN2C1CC(Nc2nc3ccccc3s2)C1. The zero-order valence-electron chi connectivity index (χ0n) is 14.7. The van der Waals surface area contributed by atoms with E-state index in [-0.39, 0.29) is 0 Å². The van der Waals surface area contributed by atoms with Crippen molar-refractivity contribution >= 4 is 32.5 Å². The quantitative estimate of drug-likeness (QED) is 0.741. The maximum Gasteiger partial charge on any atom is 0.184 e. The summed E-state index contributed by atoms with van der Waals surface area (Å²) in [6, 6.07) is 14.0. The van der Waals surface area contributed by atoms with Crippen molar-refractivity contribution in [1.82, 2.24) is 9.97 Å². The Bertz CT molecular complexity index is 938. The third kappa shape index (κ3) is 2.13. The van der Waals surface area contributed by atoms with Crippen LogP contribution < -0.4 is 10.2 Å². The van der Waals surface area contributed by atoms with E-state index in [1.54, 1.807) is 11.3 Å². The largest absolute Gasteiger partial charge is 0.359 e. The highest BCUT2D eigenvalue weighted by Gasteiger charge is 2.50. The summed E-state index contributed by atoms with van der Waals surface area (Å²) in [5, 5.41) is 4.71. The maximum absolute atomic E-state index is 4.75. The molecule has 2 aromatic heterocycles. The smallest absolute Gasteiger partial charge is 0.184 e. The molecule has 0 atom stereocenters. The van der Waals surface area contributed by atoms with Crippen molar-refractivity contribution in [2.24, 2.45) is 0 Å². The van der Waals surface area contributed by atoms with Gasteiger partial charge in [0.15, 0.2) is 5.13 Å². The van der Waals surface area contributed by atoms with Crippen molar-refractivity contribution in [3.63, 3.8) is 0 Å². The van der Waals surface area contributed by atoms with E-state index in [9.17, 15) is 0 Å². The number of nitrogens with zero attached hydrogens (tertiary/aromatic N) is 3. The predicted octanol–water partition coefficient (Wildman–Crippen LogP) is 4.58. The van der Waals surface area contributed by atoms with Crippen molar-refractivity contribution in [1.29, 1.82) is 0 Å². The Labute approximate surface area is 157 Å². The number of fused-ring (bicyclic) bond motifs is 3. The predicted molar refractivity (Wildman–Crippen MR) is 107 cm³/mol. The molecule has 3 aromatic rings. The first kappa shape index (κ1) is 15.0.